The molecule has 1 amide bonds. The fourth-order valence-corrected chi connectivity index (χ4v) is 3.25. The number of anilines is 1. The molecule has 0 radical (unpaired) electrons. The minimum absolute atomic E-state index is 0.189. The second kappa shape index (κ2) is 6.68. The average molecular weight is 315 g/mol. The number of nitrogens with one attached hydrogen (secondary N) is 1. The number of carbonyl (C=O) groups is 1. The number of hydrogen-bond acceptors (Lipinski definition) is 2. The van der Waals surface area contributed by atoms with Crippen molar-refractivity contribution in [2.24, 2.45) is 5.92 Å². The standard InChI is InChI=1S/C15H20Cl2N2O/c1-2-9-4-3-5-11(6-9)19-15(20)12-7-10(18)8-13(16)14(12)17/h7-9,11H,2-6,18H2,1H3,(H,19,20). The molecule has 0 aliphatic heterocycles. The van der Waals surface area contributed by atoms with Gasteiger partial charge in [-0.15, -0.1) is 0 Å². The molecule has 1 aromatic carbocycles. The molecule has 3 nitrogen and oxygen atoms in total. The van der Waals surface area contributed by atoms with Crippen molar-refractivity contribution >= 4 is 34.8 Å². The topological polar surface area (TPSA) is 55.1 Å². The molecule has 2 unspecified atom stereocenters. The lowest BCUT2D eigenvalue weighted by Crippen LogP contribution is -2.38. The molecule has 1 saturated carbocycles. The van der Waals surface area contributed by atoms with Gasteiger partial charge >= 0.3 is 0 Å². The van der Waals surface area contributed by atoms with Crippen molar-refractivity contribution in [3.05, 3.63) is 27.7 Å². The number of benzene rings is 1. The second-order valence-corrected chi connectivity index (χ2v) is 6.26. The maximum atomic E-state index is 12.3. The predicted molar refractivity (Wildman–Crippen MR) is 84.4 cm³/mol. The van der Waals surface area contributed by atoms with E-state index in [2.05, 4.69) is 12.2 Å². The monoisotopic (exact) mass is 314 g/mol. The van der Waals surface area contributed by atoms with Crippen molar-refractivity contribution in [2.45, 2.75) is 45.1 Å². The first kappa shape index (κ1) is 15.5. The third-order valence-corrected chi connectivity index (χ3v) is 4.79. The predicted octanol–water partition coefficient (Wildman–Crippen LogP) is 4.27. The Hall–Kier alpha value is -0.930. The summed E-state index contributed by atoms with van der Waals surface area (Å²) in [6, 6.07) is 3.34. The number of nitrogens with two attached hydrogens (primary N) is 1. The van der Waals surface area contributed by atoms with Crippen LogP contribution in [0.3, 0.4) is 0 Å². The smallest absolute Gasteiger partial charge is 0.253 e. The van der Waals surface area contributed by atoms with Gasteiger partial charge in [0.15, 0.2) is 0 Å². The van der Waals surface area contributed by atoms with Gasteiger partial charge < -0.3 is 11.1 Å². The van der Waals surface area contributed by atoms with Crippen LogP contribution in [0.5, 0.6) is 0 Å². The molecule has 0 spiro atoms. The quantitative estimate of drug-likeness (QED) is 0.818. The lowest BCUT2D eigenvalue weighted by Gasteiger charge is -2.29. The Kier molecular flexibility index (Phi) is 5.17. The summed E-state index contributed by atoms with van der Waals surface area (Å²) in [6.07, 6.45) is 5.64. The van der Waals surface area contributed by atoms with Gasteiger partial charge in [-0.25, -0.2) is 0 Å². The van der Waals surface area contributed by atoms with E-state index in [4.69, 9.17) is 28.9 Å². The third-order valence-electron chi connectivity index (χ3n) is 3.99. The first-order chi connectivity index (χ1) is 9.51. The Labute approximate surface area is 129 Å². The molecule has 1 aliphatic carbocycles. The molecule has 1 aliphatic rings. The summed E-state index contributed by atoms with van der Waals surface area (Å²) in [6.45, 7) is 2.20. The lowest BCUT2D eigenvalue weighted by atomic mass is 9.84. The first-order valence-electron chi connectivity index (χ1n) is 7.06. The van der Waals surface area contributed by atoms with E-state index in [1.165, 1.54) is 6.42 Å². The number of halogens is 2. The van der Waals surface area contributed by atoms with Gasteiger partial charge in [0, 0.05) is 11.7 Å². The molecule has 3 N–H and O–H groups in total. The number of hydrogen-bond donors (Lipinski definition) is 2. The van der Waals surface area contributed by atoms with E-state index in [0.717, 1.165) is 25.7 Å². The normalized spacial score (nSPS) is 22.6. The molecule has 2 rings (SSSR count). The van der Waals surface area contributed by atoms with E-state index in [1.54, 1.807) is 12.1 Å². The van der Waals surface area contributed by atoms with Gasteiger partial charge in [0.05, 0.1) is 15.6 Å². The van der Waals surface area contributed by atoms with Crippen LogP contribution in [-0.4, -0.2) is 11.9 Å². The lowest BCUT2D eigenvalue weighted by molar-refractivity contribution is 0.0919. The highest BCUT2D eigenvalue weighted by atomic mass is 35.5. The Bertz CT molecular complexity index is 505. The van der Waals surface area contributed by atoms with Gasteiger partial charge in [-0.05, 0) is 30.9 Å². The van der Waals surface area contributed by atoms with Gasteiger partial charge in [0.25, 0.3) is 5.91 Å². The van der Waals surface area contributed by atoms with Crippen LogP contribution in [0.25, 0.3) is 0 Å². The van der Waals surface area contributed by atoms with Crippen molar-refractivity contribution < 1.29 is 4.79 Å². The van der Waals surface area contributed by atoms with Gasteiger partial charge in [-0.3, -0.25) is 4.79 Å². The molecule has 0 saturated heterocycles. The fourth-order valence-electron chi connectivity index (χ4n) is 2.83. The number of amides is 1. The molecule has 110 valence electrons. The van der Waals surface area contributed by atoms with E-state index in [1.807, 2.05) is 0 Å². The molecule has 1 fully saturated rings. The fraction of sp³-hybridized carbons (Fsp3) is 0.533. The molecule has 0 bridgehead atoms. The number of rotatable bonds is 3. The Morgan fingerprint density at radius 1 is 1.40 bits per heavy atom. The molecule has 0 heterocycles. The largest absolute Gasteiger partial charge is 0.399 e. The van der Waals surface area contributed by atoms with E-state index >= 15 is 0 Å². The minimum Gasteiger partial charge on any atom is -0.399 e. The average Bonchev–Trinajstić information content (AvgIpc) is 2.43. The SMILES string of the molecule is CCC1CCCC(NC(=O)c2cc(N)cc(Cl)c2Cl)C1. The highest BCUT2D eigenvalue weighted by Crippen LogP contribution is 2.30. The van der Waals surface area contributed by atoms with Crippen LogP contribution in [0.2, 0.25) is 10.0 Å². The molecule has 5 heteroatoms. The highest BCUT2D eigenvalue weighted by molar-refractivity contribution is 6.44. The Morgan fingerprint density at radius 3 is 2.85 bits per heavy atom. The summed E-state index contributed by atoms with van der Waals surface area (Å²) < 4.78 is 0. The summed E-state index contributed by atoms with van der Waals surface area (Å²) in [5.74, 6) is 0.514. The van der Waals surface area contributed by atoms with Crippen LogP contribution in [0, 0.1) is 5.92 Å². The van der Waals surface area contributed by atoms with Crippen LogP contribution in [-0.2, 0) is 0 Å². The summed E-state index contributed by atoms with van der Waals surface area (Å²) in [5.41, 5.74) is 6.52. The van der Waals surface area contributed by atoms with E-state index in [-0.39, 0.29) is 17.0 Å². The van der Waals surface area contributed by atoms with Crippen LogP contribution in [0.1, 0.15) is 49.4 Å². The molecular weight excluding hydrogens is 295 g/mol. The summed E-state index contributed by atoms with van der Waals surface area (Å²) >= 11 is 12.0. The van der Waals surface area contributed by atoms with Crippen molar-refractivity contribution in [3.8, 4) is 0 Å². The van der Waals surface area contributed by atoms with E-state index < -0.39 is 0 Å². The molecule has 20 heavy (non-hydrogen) atoms. The van der Waals surface area contributed by atoms with Gasteiger partial charge in [-0.2, -0.15) is 0 Å². The number of carbonyl (C=O) groups excluding carboxylic acids is 1. The molecule has 1 aromatic rings. The highest BCUT2D eigenvalue weighted by Gasteiger charge is 2.23. The van der Waals surface area contributed by atoms with Crippen molar-refractivity contribution in [2.75, 3.05) is 5.73 Å². The minimum atomic E-state index is -0.189. The third kappa shape index (κ3) is 3.58. The van der Waals surface area contributed by atoms with Gasteiger partial charge in [0.1, 0.15) is 0 Å². The first-order valence-corrected chi connectivity index (χ1v) is 7.82. The Morgan fingerprint density at radius 2 is 2.15 bits per heavy atom. The summed E-state index contributed by atoms with van der Waals surface area (Å²) in [4.78, 5) is 12.3. The van der Waals surface area contributed by atoms with Crippen molar-refractivity contribution in [1.82, 2.24) is 5.32 Å². The van der Waals surface area contributed by atoms with Crippen LogP contribution >= 0.6 is 23.2 Å². The molecule has 2 atom stereocenters. The molecular formula is C15H20Cl2N2O. The zero-order chi connectivity index (χ0) is 14.7. The van der Waals surface area contributed by atoms with Crippen LogP contribution < -0.4 is 11.1 Å². The van der Waals surface area contributed by atoms with Gasteiger partial charge in [-0.1, -0.05) is 49.4 Å². The van der Waals surface area contributed by atoms with E-state index in [0.29, 0.717) is 22.2 Å². The number of nitrogen functional groups attached to an aromatic ring is 1. The zero-order valence-electron chi connectivity index (χ0n) is 11.6. The Balaban J connectivity index is 2.08. The maximum Gasteiger partial charge on any atom is 0.253 e. The maximum absolute atomic E-state index is 12.3. The van der Waals surface area contributed by atoms with Crippen molar-refractivity contribution in [1.29, 1.82) is 0 Å². The molecule has 0 aromatic heterocycles. The van der Waals surface area contributed by atoms with Crippen LogP contribution in [0.15, 0.2) is 12.1 Å². The van der Waals surface area contributed by atoms with Gasteiger partial charge in [0.2, 0.25) is 0 Å². The summed E-state index contributed by atoms with van der Waals surface area (Å²) in [5, 5.41) is 3.63. The van der Waals surface area contributed by atoms with Crippen molar-refractivity contribution in [3.63, 3.8) is 0 Å². The van der Waals surface area contributed by atoms with E-state index in [9.17, 15) is 4.79 Å². The second-order valence-electron chi connectivity index (χ2n) is 5.48. The zero-order valence-corrected chi connectivity index (χ0v) is 13.1. The summed E-state index contributed by atoms with van der Waals surface area (Å²) in [7, 11) is 0. The van der Waals surface area contributed by atoms with Crippen LogP contribution in [0.4, 0.5) is 5.69 Å².